The predicted molar refractivity (Wildman–Crippen MR) is 85.4 cm³/mol. The van der Waals surface area contributed by atoms with E-state index in [-0.39, 0.29) is 5.69 Å². The van der Waals surface area contributed by atoms with Crippen molar-refractivity contribution in [3.05, 3.63) is 69.8 Å². The first kappa shape index (κ1) is 17.2. The summed E-state index contributed by atoms with van der Waals surface area (Å²) < 4.78 is 43.6. The van der Waals surface area contributed by atoms with Gasteiger partial charge in [0, 0.05) is 19.2 Å². The number of benzene rings is 2. The first-order valence-electron chi connectivity index (χ1n) is 7.63. The Labute approximate surface area is 141 Å². The molecular formula is C17H15F3N2O3. The minimum atomic E-state index is -4.39. The van der Waals surface area contributed by atoms with E-state index in [0.717, 1.165) is 12.1 Å². The lowest BCUT2D eigenvalue weighted by Crippen LogP contribution is -2.38. The number of hydrogen-bond acceptors (Lipinski definition) is 4. The summed E-state index contributed by atoms with van der Waals surface area (Å²) in [5.74, 6) is 0. The monoisotopic (exact) mass is 352 g/mol. The Morgan fingerprint density at radius 2 is 1.80 bits per heavy atom. The molecule has 8 heteroatoms. The van der Waals surface area contributed by atoms with Crippen LogP contribution in [-0.2, 0) is 10.9 Å². The molecular weight excluding hydrogens is 337 g/mol. The molecule has 1 heterocycles. The predicted octanol–water partition coefficient (Wildman–Crippen LogP) is 4.19. The summed E-state index contributed by atoms with van der Waals surface area (Å²) in [5, 5.41) is 11.2. The zero-order valence-corrected chi connectivity index (χ0v) is 13.1. The summed E-state index contributed by atoms with van der Waals surface area (Å²) in [6, 6.07) is 11.2. The van der Waals surface area contributed by atoms with Crippen molar-refractivity contribution in [1.82, 2.24) is 0 Å². The summed E-state index contributed by atoms with van der Waals surface area (Å²) >= 11 is 0. The van der Waals surface area contributed by atoms with Gasteiger partial charge in [-0.05, 0) is 23.8 Å². The van der Waals surface area contributed by atoms with E-state index in [1.54, 1.807) is 18.2 Å². The van der Waals surface area contributed by atoms with E-state index in [0.29, 0.717) is 30.9 Å². The van der Waals surface area contributed by atoms with Gasteiger partial charge in [-0.25, -0.2) is 0 Å². The van der Waals surface area contributed by atoms with E-state index in [4.69, 9.17) is 4.74 Å². The second-order valence-corrected chi connectivity index (χ2v) is 5.67. The Morgan fingerprint density at radius 1 is 1.12 bits per heavy atom. The van der Waals surface area contributed by atoms with E-state index in [9.17, 15) is 23.3 Å². The lowest BCUT2D eigenvalue weighted by atomic mass is 10.0. The molecule has 1 fully saturated rings. The summed E-state index contributed by atoms with van der Waals surface area (Å²) in [6.45, 7) is 1.13. The van der Waals surface area contributed by atoms with Crippen LogP contribution < -0.4 is 4.90 Å². The summed E-state index contributed by atoms with van der Waals surface area (Å²) in [7, 11) is 0. The van der Waals surface area contributed by atoms with Crippen LogP contribution in [0.1, 0.15) is 17.2 Å². The van der Waals surface area contributed by atoms with Crippen LogP contribution in [0.3, 0.4) is 0 Å². The fraction of sp³-hybridized carbons (Fsp3) is 0.294. The molecule has 2 aromatic carbocycles. The topological polar surface area (TPSA) is 55.6 Å². The van der Waals surface area contributed by atoms with Gasteiger partial charge in [-0.1, -0.05) is 24.3 Å². The second-order valence-electron chi connectivity index (χ2n) is 5.67. The third kappa shape index (κ3) is 3.74. The van der Waals surface area contributed by atoms with Gasteiger partial charge < -0.3 is 9.64 Å². The number of morpholine rings is 1. The van der Waals surface area contributed by atoms with E-state index in [2.05, 4.69) is 0 Å². The van der Waals surface area contributed by atoms with E-state index in [1.807, 2.05) is 4.90 Å². The minimum absolute atomic E-state index is 0.00410. The average Bonchev–Trinajstić information content (AvgIpc) is 2.61. The van der Waals surface area contributed by atoms with Gasteiger partial charge in [0.2, 0.25) is 0 Å². The molecule has 1 aliphatic rings. The minimum Gasteiger partial charge on any atom is -0.370 e. The molecule has 1 saturated heterocycles. The third-order valence-electron chi connectivity index (χ3n) is 4.10. The lowest BCUT2D eigenvalue weighted by molar-refractivity contribution is -0.384. The standard InChI is InChI=1S/C17H15F3N2O3/c18-17(19,20)13-7-5-12(6-8-13)16-11-21(9-10-25-16)14-3-1-2-4-15(14)22(23)24/h1-8,16H,9-11H2. The molecule has 1 unspecified atom stereocenters. The Bertz CT molecular complexity index is 762. The van der Waals surface area contributed by atoms with Gasteiger partial charge in [-0.3, -0.25) is 10.1 Å². The molecule has 5 nitrogen and oxygen atoms in total. The van der Waals surface area contributed by atoms with Gasteiger partial charge in [0.05, 0.1) is 17.1 Å². The van der Waals surface area contributed by atoms with Crippen molar-refractivity contribution in [2.24, 2.45) is 0 Å². The Hall–Kier alpha value is -2.61. The first-order chi connectivity index (χ1) is 11.9. The SMILES string of the molecule is O=[N+]([O-])c1ccccc1N1CCOC(c2ccc(C(F)(F)F)cc2)C1. The zero-order chi connectivity index (χ0) is 18.0. The number of hydrogen-bond donors (Lipinski definition) is 0. The van der Waals surface area contributed by atoms with Crippen molar-refractivity contribution >= 4 is 11.4 Å². The highest BCUT2D eigenvalue weighted by Crippen LogP contribution is 2.34. The van der Waals surface area contributed by atoms with E-state index >= 15 is 0 Å². The van der Waals surface area contributed by atoms with Gasteiger partial charge >= 0.3 is 6.18 Å². The molecule has 0 aliphatic carbocycles. The molecule has 3 rings (SSSR count). The van der Waals surface area contributed by atoms with Crippen LogP contribution in [0, 0.1) is 10.1 Å². The number of anilines is 1. The molecule has 25 heavy (non-hydrogen) atoms. The number of rotatable bonds is 3. The molecule has 0 saturated carbocycles. The molecule has 0 radical (unpaired) electrons. The van der Waals surface area contributed by atoms with Crippen LogP contribution in [-0.4, -0.2) is 24.6 Å². The van der Waals surface area contributed by atoms with Crippen molar-refractivity contribution < 1.29 is 22.8 Å². The second kappa shape index (κ2) is 6.72. The molecule has 1 aliphatic heterocycles. The lowest BCUT2D eigenvalue weighted by Gasteiger charge is -2.34. The normalized spacial score (nSPS) is 18.2. The van der Waals surface area contributed by atoms with Gasteiger partial charge in [0.1, 0.15) is 11.8 Å². The van der Waals surface area contributed by atoms with Crippen molar-refractivity contribution in [2.45, 2.75) is 12.3 Å². The van der Waals surface area contributed by atoms with Crippen LogP contribution in [0.25, 0.3) is 0 Å². The van der Waals surface area contributed by atoms with Gasteiger partial charge in [-0.15, -0.1) is 0 Å². The number of alkyl halides is 3. The number of para-hydroxylation sites is 2. The third-order valence-corrected chi connectivity index (χ3v) is 4.10. The smallest absolute Gasteiger partial charge is 0.370 e. The highest BCUT2D eigenvalue weighted by Gasteiger charge is 2.31. The van der Waals surface area contributed by atoms with Gasteiger partial charge in [0.15, 0.2) is 0 Å². The highest BCUT2D eigenvalue weighted by atomic mass is 19.4. The maximum absolute atomic E-state index is 12.7. The molecule has 132 valence electrons. The van der Waals surface area contributed by atoms with Crippen molar-refractivity contribution in [3.8, 4) is 0 Å². The Kier molecular flexibility index (Phi) is 4.63. The van der Waals surface area contributed by atoms with Crippen molar-refractivity contribution in [3.63, 3.8) is 0 Å². The number of nitro groups is 1. The number of ether oxygens (including phenoxy) is 1. The molecule has 2 aromatic rings. The molecule has 0 aromatic heterocycles. The molecule has 0 bridgehead atoms. The number of nitro benzene ring substituents is 1. The molecule has 0 amide bonds. The Balaban J connectivity index is 1.81. The molecule has 0 spiro atoms. The van der Waals surface area contributed by atoms with Crippen LogP contribution in [0.2, 0.25) is 0 Å². The van der Waals surface area contributed by atoms with Crippen LogP contribution in [0.15, 0.2) is 48.5 Å². The van der Waals surface area contributed by atoms with Crippen molar-refractivity contribution in [2.75, 3.05) is 24.6 Å². The van der Waals surface area contributed by atoms with Gasteiger partial charge in [0.25, 0.3) is 5.69 Å². The maximum atomic E-state index is 12.7. The van der Waals surface area contributed by atoms with Crippen LogP contribution in [0.4, 0.5) is 24.5 Å². The summed E-state index contributed by atoms with van der Waals surface area (Å²) in [5.41, 5.74) is 0.363. The maximum Gasteiger partial charge on any atom is 0.416 e. The summed E-state index contributed by atoms with van der Waals surface area (Å²) in [4.78, 5) is 12.6. The fourth-order valence-electron chi connectivity index (χ4n) is 2.84. The van der Waals surface area contributed by atoms with Crippen molar-refractivity contribution in [1.29, 1.82) is 0 Å². The Morgan fingerprint density at radius 3 is 2.44 bits per heavy atom. The van der Waals surface area contributed by atoms with E-state index in [1.165, 1.54) is 18.2 Å². The van der Waals surface area contributed by atoms with E-state index < -0.39 is 22.8 Å². The average molecular weight is 352 g/mol. The largest absolute Gasteiger partial charge is 0.416 e. The molecule has 1 atom stereocenters. The first-order valence-corrected chi connectivity index (χ1v) is 7.63. The van der Waals surface area contributed by atoms with Crippen LogP contribution in [0.5, 0.6) is 0 Å². The number of halogens is 3. The zero-order valence-electron chi connectivity index (χ0n) is 13.1. The molecule has 0 N–H and O–H groups in total. The summed E-state index contributed by atoms with van der Waals surface area (Å²) in [6.07, 6.45) is -4.83. The quantitative estimate of drug-likeness (QED) is 0.614. The van der Waals surface area contributed by atoms with Gasteiger partial charge in [-0.2, -0.15) is 13.2 Å². The fourth-order valence-corrected chi connectivity index (χ4v) is 2.84. The van der Waals surface area contributed by atoms with Crippen LogP contribution >= 0.6 is 0 Å². The number of nitrogens with zero attached hydrogens (tertiary/aromatic N) is 2. The highest BCUT2D eigenvalue weighted by molar-refractivity contribution is 5.63.